The molecule has 1 saturated carbocycles. The molecule has 0 aromatic carbocycles. The van der Waals surface area contributed by atoms with Crippen LogP contribution in [0.4, 0.5) is 5.82 Å². The minimum Gasteiger partial charge on any atom is -0.351 e. The van der Waals surface area contributed by atoms with Crippen LogP contribution in [0.2, 0.25) is 0 Å². The Labute approximate surface area is 118 Å². The van der Waals surface area contributed by atoms with E-state index in [0.717, 1.165) is 50.0 Å². The third-order valence-corrected chi connectivity index (χ3v) is 4.40. The molecule has 0 amide bonds. The van der Waals surface area contributed by atoms with Gasteiger partial charge in [-0.2, -0.15) is 0 Å². The van der Waals surface area contributed by atoms with E-state index in [-0.39, 0.29) is 0 Å². The van der Waals surface area contributed by atoms with Crippen LogP contribution < -0.4 is 4.90 Å². The second kappa shape index (κ2) is 4.70. The summed E-state index contributed by atoms with van der Waals surface area (Å²) in [6.07, 6.45) is 6.36. The highest BCUT2D eigenvalue weighted by Crippen LogP contribution is 2.39. The fourth-order valence-electron chi connectivity index (χ4n) is 2.95. The average molecular weight is 272 g/mol. The number of rotatable bonds is 3. The molecule has 3 heterocycles. The van der Waals surface area contributed by atoms with E-state index in [4.69, 9.17) is 0 Å². The van der Waals surface area contributed by atoms with Crippen LogP contribution in [0.5, 0.6) is 0 Å². The van der Waals surface area contributed by atoms with E-state index in [2.05, 4.69) is 36.3 Å². The van der Waals surface area contributed by atoms with Gasteiger partial charge in [0, 0.05) is 44.5 Å². The molecule has 0 atom stereocenters. The Bertz CT molecular complexity index is 609. The summed E-state index contributed by atoms with van der Waals surface area (Å²) in [5.74, 6) is 2.70. The minimum atomic E-state index is 0.609. The number of aromatic nitrogens is 4. The summed E-state index contributed by atoms with van der Waals surface area (Å²) in [6.45, 7) is 7.58. The Morgan fingerprint density at radius 1 is 1.15 bits per heavy atom. The molecule has 2 aromatic rings. The number of anilines is 1. The maximum absolute atomic E-state index is 4.56. The van der Waals surface area contributed by atoms with Crippen LogP contribution in [0.1, 0.15) is 31.5 Å². The van der Waals surface area contributed by atoms with Crippen LogP contribution in [0.25, 0.3) is 5.65 Å². The summed E-state index contributed by atoms with van der Waals surface area (Å²) >= 11 is 0. The zero-order chi connectivity index (χ0) is 13.5. The second-order valence-corrected chi connectivity index (χ2v) is 5.70. The van der Waals surface area contributed by atoms with Gasteiger partial charge < -0.3 is 9.80 Å². The minimum absolute atomic E-state index is 0.609. The average Bonchev–Trinajstić information content (AvgIpc) is 3.26. The van der Waals surface area contributed by atoms with E-state index in [1.165, 1.54) is 12.8 Å². The van der Waals surface area contributed by atoms with E-state index in [0.29, 0.717) is 5.92 Å². The summed E-state index contributed by atoms with van der Waals surface area (Å²) in [5, 5.41) is 8.77. The van der Waals surface area contributed by atoms with Crippen LogP contribution >= 0.6 is 0 Å². The number of hydrogen-bond acceptors (Lipinski definition) is 5. The smallest absolute Gasteiger partial charge is 0.203 e. The van der Waals surface area contributed by atoms with Crippen molar-refractivity contribution < 1.29 is 0 Å². The van der Waals surface area contributed by atoms with Crippen LogP contribution in [-0.4, -0.2) is 57.2 Å². The van der Waals surface area contributed by atoms with Crippen LogP contribution in [0, 0.1) is 0 Å². The molecule has 1 saturated heterocycles. The molecule has 2 aliphatic rings. The van der Waals surface area contributed by atoms with Crippen LogP contribution in [0.3, 0.4) is 0 Å². The van der Waals surface area contributed by atoms with Crippen molar-refractivity contribution in [1.29, 1.82) is 0 Å². The van der Waals surface area contributed by atoms with Crippen molar-refractivity contribution in [2.24, 2.45) is 0 Å². The summed E-state index contributed by atoms with van der Waals surface area (Å²) in [6, 6.07) is 0. The van der Waals surface area contributed by atoms with Gasteiger partial charge in [-0.3, -0.25) is 4.40 Å². The van der Waals surface area contributed by atoms with E-state index in [1.807, 2.05) is 12.4 Å². The molecular weight excluding hydrogens is 252 g/mol. The molecule has 1 aliphatic heterocycles. The SMILES string of the molecule is CCN1CCN(c2nccn3c(C4CC4)nnc23)CC1. The van der Waals surface area contributed by atoms with Gasteiger partial charge in [0.05, 0.1) is 0 Å². The molecule has 6 heteroatoms. The van der Waals surface area contributed by atoms with Crippen LogP contribution in [-0.2, 0) is 0 Å². The molecule has 0 radical (unpaired) electrons. The van der Waals surface area contributed by atoms with E-state index >= 15 is 0 Å². The third-order valence-electron chi connectivity index (χ3n) is 4.40. The maximum Gasteiger partial charge on any atom is 0.203 e. The van der Waals surface area contributed by atoms with Crippen molar-refractivity contribution in [2.45, 2.75) is 25.7 Å². The Balaban J connectivity index is 1.66. The number of likely N-dealkylation sites (N-methyl/N-ethyl adjacent to an activating group) is 1. The van der Waals surface area contributed by atoms with Gasteiger partial charge in [0.15, 0.2) is 5.82 Å². The Kier molecular flexibility index (Phi) is 2.84. The zero-order valence-corrected chi connectivity index (χ0v) is 11.9. The lowest BCUT2D eigenvalue weighted by atomic mass is 10.3. The maximum atomic E-state index is 4.56. The molecule has 2 aromatic heterocycles. The summed E-state index contributed by atoms with van der Waals surface area (Å²) in [7, 11) is 0. The molecule has 0 bridgehead atoms. The summed E-state index contributed by atoms with van der Waals surface area (Å²) in [5.41, 5.74) is 0.916. The van der Waals surface area contributed by atoms with Gasteiger partial charge >= 0.3 is 0 Å². The summed E-state index contributed by atoms with van der Waals surface area (Å²) < 4.78 is 2.13. The number of hydrogen-bond donors (Lipinski definition) is 0. The third kappa shape index (κ3) is 1.95. The predicted octanol–water partition coefficient (Wildman–Crippen LogP) is 1.14. The zero-order valence-electron chi connectivity index (χ0n) is 11.9. The topological polar surface area (TPSA) is 49.6 Å². The van der Waals surface area contributed by atoms with Gasteiger partial charge in [0.25, 0.3) is 0 Å². The molecule has 0 N–H and O–H groups in total. The van der Waals surface area contributed by atoms with E-state index in [1.54, 1.807) is 0 Å². The second-order valence-electron chi connectivity index (χ2n) is 5.70. The van der Waals surface area contributed by atoms with Gasteiger partial charge in [0.2, 0.25) is 5.65 Å². The number of piperazine rings is 1. The quantitative estimate of drug-likeness (QED) is 0.838. The van der Waals surface area contributed by atoms with Crippen molar-refractivity contribution in [3.8, 4) is 0 Å². The normalized spacial score (nSPS) is 20.8. The Morgan fingerprint density at radius 2 is 1.95 bits per heavy atom. The lowest BCUT2D eigenvalue weighted by Crippen LogP contribution is -2.46. The first-order valence-corrected chi connectivity index (χ1v) is 7.53. The van der Waals surface area contributed by atoms with Gasteiger partial charge in [-0.25, -0.2) is 4.98 Å². The lowest BCUT2D eigenvalue weighted by molar-refractivity contribution is 0.270. The van der Waals surface area contributed by atoms with Crippen molar-refractivity contribution in [3.63, 3.8) is 0 Å². The fourth-order valence-corrected chi connectivity index (χ4v) is 2.95. The highest BCUT2D eigenvalue weighted by Gasteiger charge is 2.30. The molecule has 4 rings (SSSR count). The molecule has 0 unspecified atom stereocenters. The monoisotopic (exact) mass is 272 g/mol. The molecular formula is C14H20N6. The first kappa shape index (κ1) is 12.1. The molecule has 6 nitrogen and oxygen atoms in total. The molecule has 0 spiro atoms. The van der Waals surface area contributed by atoms with Gasteiger partial charge in [-0.1, -0.05) is 6.92 Å². The van der Waals surface area contributed by atoms with Crippen molar-refractivity contribution in [3.05, 3.63) is 18.2 Å². The van der Waals surface area contributed by atoms with Crippen LogP contribution in [0.15, 0.2) is 12.4 Å². The lowest BCUT2D eigenvalue weighted by Gasteiger charge is -2.34. The highest BCUT2D eigenvalue weighted by atomic mass is 15.3. The van der Waals surface area contributed by atoms with E-state index < -0.39 is 0 Å². The Morgan fingerprint density at radius 3 is 2.65 bits per heavy atom. The first-order chi connectivity index (χ1) is 9.86. The standard InChI is InChI=1S/C14H20N6/c1-2-18-7-9-19(10-8-18)13-14-17-16-12(11-3-4-11)20(14)6-5-15-13/h5-6,11H,2-4,7-10H2,1H3. The predicted molar refractivity (Wildman–Crippen MR) is 77.1 cm³/mol. The van der Waals surface area contributed by atoms with Gasteiger partial charge in [0.1, 0.15) is 5.82 Å². The molecule has 20 heavy (non-hydrogen) atoms. The van der Waals surface area contributed by atoms with Crippen molar-refractivity contribution in [1.82, 2.24) is 24.5 Å². The number of nitrogens with zero attached hydrogens (tertiary/aromatic N) is 6. The largest absolute Gasteiger partial charge is 0.351 e. The summed E-state index contributed by atoms with van der Waals surface area (Å²) in [4.78, 5) is 9.37. The van der Waals surface area contributed by atoms with E-state index in [9.17, 15) is 0 Å². The van der Waals surface area contributed by atoms with Gasteiger partial charge in [-0.15, -0.1) is 10.2 Å². The highest BCUT2D eigenvalue weighted by molar-refractivity contribution is 5.64. The molecule has 1 aliphatic carbocycles. The van der Waals surface area contributed by atoms with Gasteiger partial charge in [-0.05, 0) is 19.4 Å². The van der Waals surface area contributed by atoms with Crippen molar-refractivity contribution >= 4 is 11.5 Å². The Hall–Kier alpha value is -1.69. The fraction of sp³-hybridized carbons (Fsp3) is 0.643. The number of fused-ring (bicyclic) bond motifs is 1. The first-order valence-electron chi connectivity index (χ1n) is 7.53. The molecule has 2 fully saturated rings. The molecule has 106 valence electrons. The van der Waals surface area contributed by atoms with Crippen molar-refractivity contribution in [2.75, 3.05) is 37.6 Å².